The topological polar surface area (TPSA) is 114 Å². The van der Waals surface area contributed by atoms with Crippen molar-refractivity contribution < 1.29 is 19.7 Å². The van der Waals surface area contributed by atoms with E-state index in [1.807, 2.05) is 0 Å². The molecule has 1 aliphatic heterocycles. The second-order valence-electron chi connectivity index (χ2n) is 4.61. The SMILES string of the molecule is CO[C@@H]1[C@@H](CO)O[C@@H](n2ccc(=O)[nH]c2=O)[C@]1(C)O. The fourth-order valence-electron chi connectivity index (χ4n) is 2.38. The number of ether oxygens (including phenoxy) is 2. The van der Waals surface area contributed by atoms with Crippen molar-refractivity contribution in [2.24, 2.45) is 0 Å². The predicted octanol–water partition coefficient (Wildman–Crippen LogP) is -1.81. The summed E-state index contributed by atoms with van der Waals surface area (Å²) in [4.78, 5) is 24.8. The quantitative estimate of drug-likeness (QED) is 0.598. The molecule has 8 nitrogen and oxygen atoms in total. The number of aromatic amines is 1. The number of rotatable bonds is 3. The van der Waals surface area contributed by atoms with Crippen molar-refractivity contribution in [3.63, 3.8) is 0 Å². The lowest BCUT2D eigenvalue weighted by atomic mass is 9.96. The van der Waals surface area contributed by atoms with Gasteiger partial charge in [-0.2, -0.15) is 0 Å². The molecular weight excluding hydrogens is 256 g/mol. The molecule has 0 aliphatic carbocycles. The number of hydrogen-bond acceptors (Lipinski definition) is 6. The molecule has 4 atom stereocenters. The molecule has 8 heteroatoms. The van der Waals surface area contributed by atoms with Gasteiger partial charge in [-0.15, -0.1) is 0 Å². The Labute approximate surface area is 108 Å². The van der Waals surface area contributed by atoms with Crippen molar-refractivity contribution >= 4 is 0 Å². The number of aliphatic hydroxyl groups excluding tert-OH is 1. The first-order valence-electron chi connectivity index (χ1n) is 5.74. The highest BCUT2D eigenvalue weighted by atomic mass is 16.6. The lowest BCUT2D eigenvalue weighted by molar-refractivity contribution is -0.104. The molecule has 1 fully saturated rings. The fourth-order valence-corrected chi connectivity index (χ4v) is 2.38. The zero-order valence-electron chi connectivity index (χ0n) is 10.6. The lowest BCUT2D eigenvalue weighted by Crippen LogP contribution is -2.47. The number of aliphatic hydroxyl groups is 2. The fraction of sp³-hybridized carbons (Fsp3) is 0.636. The highest BCUT2D eigenvalue weighted by Gasteiger charge is 2.54. The Morgan fingerprint density at radius 3 is 2.74 bits per heavy atom. The first kappa shape index (κ1) is 13.9. The van der Waals surface area contributed by atoms with Gasteiger partial charge in [-0.25, -0.2) is 4.79 Å². The van der Waals surface area contributed by atoms with E-state index in [4.69, 9.17) is 9.47 Å². The van der Waals surface area contributed by atoms with Gasteiger partial charge in [0.05, 0.1) is 6.61 Å². The number of hydrogen-bond donors (Lipinski definition) is 3. The average Bonchev–Trinajstić information content (AvgIpc) is 2.60. The van der Waals surface area contributed by atoms with Crippen LogP contribution in [0.2, 0.25) is 0 Å². The second-order valence-corrected chi connectivity index (χ2v) is 4.61. The van der Waals surface area contributed by atoms with Crippen LogP contribution in [0.15, 0.2) is 21.9 Å². The Morgan fingerprint density at radius 1 is 1.58 bits per heavy atom. The zero-order valence-corrected chi connectivity index (χ0v) is 10.6. The summed E-state index contributed by atoms with van der Waals surface area (Å²) in [5.41, 5.74) is -2.77. The lowest BCUT2D eigenvalue weighted by Gasteiger charge is -2.29. The van der Waals surface area contributed by atoms with Gasteiger partial charge in [0.15, 0.2) is 6.23 Å². The highest BCUT2D eigenvalue weighted by Crippen LogP contribution is 2.38. The van der Waals surface area contributed by atoms with E-state index in [1.54, 1.807) is 0 Å². The highest BCUT2D eigenvalue weighted by molar-refractivity contribution is 5.01. The maximum absolute atomic E-state index is 11.7. The maximum Gasteiger partial charge on any atom is 0.330 e. The molecule has 1 aromatic heterocycles. The Kier molecular flexibility index (Phi) is 3.59. The summed E-state index contributed by atoms with van der Waals surface area (Å²) in [6.07, 6.45) is -1.38. The molecule has 0 spiro atoms. The molecule has 0 amide bonds. The number of aromatic nitrogens is 2. The molecule has 0 bridgehead atoms. The molecule has 2 rings (SSSR count). The van der Waals surface area contributed by atoms with Crippen molar-refractivity contribution in [1.82, 2.24) is 9.55 Å². The third-order valence-corrected chi connectivity index (χ3v) is 3.26. The summed E-state index contributed by atoms with van der Waals surface area (Å²) < 4.78 is 11.6. The van der Waals surface area contributed by atoms with E-state index in [2.05, 4.69) is 4.98 Å². The molecule has 1 saturated heterocycles. The van der Waals surface area contributed by atoms with Crippen LogP contribution in [0.3, 0.4) is 0 Å². The normalized spacial score (nSPS) is 34.6. The van der Waals surface area contributed by atoms with E-state index >= 15 is 0 Å². The minimum atomic E-state index is -1.52. The van der Waals surface area contributed by atoms with Gasteiger partial charge in [0, 0.05) is 19.4 Å². The van der Waals surface area contributed by atoms with Crippen molar-refractivity contribution in [3.05, 3.63) is 33.1 Å². The summed E-state index contributed by atoms with van der Waals surface area (Å²) in [6, 6.07) is 1.15. The van der Waals surface area contributed by atoms with Crippen LogP contribution < -0.4 is 11.2 Å². The molecular formula is C11H16N2O6. The molecule has 3 N–H and O–H groups in total. The van der Waals surface area contributed by atoms with E-state index in [-0.39, 0.29) is 6.61 Å². The Morgan fingerprint density at radius 2 is 2.26 bits per heavy atom. The van der Waals surface area contributed by atoms with Crippen molar-refractivity contribution in [2.75, 3.05) is 13.7 Å². The molecule has 2 heterocycles. The molecule has 19 heavy (non-hydrogen) atoms. The molecule has 106 valence electrons. The van der Waals surface area contributed by atoms with Crippen molar-refractivity contribution in [3.8, 4) is 0 Å². The van der Waals surface area contributed by atoms with E-state index in [1.165, 1.54) is 20.2 Å². The van der Waals surface area contributed by atoms with Gasteiger partial charge in [0.25, 0.3) is 5.56 Å². The van der Waals surface area contributed by atoms with E-state index in [0.29, 0.717) is 0 Å². The minimum absolute atomic E-state index is 0.358. The van der Waals surface area contributed by atoms with Crippen LogP contribution in [0.1, 0.15) is 13.2 Å². The Balaban J connectivity index is 2.45. The van der Waals surface area contributed by atoms with Crippen LogP contribution in [0, 0.1) is 0 Å². The predicted molar refractivity (Wildman–Crippen MR) is 63.7 cm³/mol. The summed E-state index contributed by atoms with van der Waals surface area (Å²) in [7, 11) is 1.38. The zero-order chi connectivity index (χ0) is 14.2. The van der Waals surface area contributed by atoms with Gasteiger partial charge in [0.1, 0.15) is 17.8 Å². The summed E-state index contributed by atoms with van der Waals surface area (Å²) in [5.74, 6) is 0. The summed E-state index contributed by atoms with van der Waals surface area (Å²) >= 11 is 0. The molecule has 0 saturated carbocycles. The maximum atomic E-state index is 11.7. The number of nitrogens with zero attached hydrogens (tertiary/aromatic N) is 1. The van der Waals surface area contributed by atoms with Crippen LogP contribution in [-0.4, -0.2) is 51.3 Å². The van der Waals surface area contributed by atoms with E-state index in [9.17, 15) is 19.8 Å². The molecule has 0 aromatic carbocycles. The Hall–Kier alpha value is -1.48. The number of H-pyrrole nitrogens is 1. The average molecular weight is 272 g/mol. The monoisotopic (exact) mass is 272 g/mol. The van der Waals surface area contributed by atoms with Crippen molar-refractivity contribution in [2.45, 2.75) is 31.0 Å². The smallest absolute Gasteiger partial charge is 0.330 e. The molecule has 0 radical (unpaired) electrons. The van der Waals surface area contributed by atoms with Gasteiger partial charge >= 0.3 is 5.69 Å². The van der Waals surface area contributed by atoms with Gasteiger partial charge < -0.3 is 19.7 Å². The number of methoxy groups -OCH3 is 1. The van der Waals surface area contributed by atoms with E-state index in [0.717, 1.165) is 10.6 Å². The number of nitrogens with one attached hydrogen (secondary N) is 1. The van der Waals surface area contributed by atoms with Crippen molar-refractivity contribution in [1.29, 1.82) is 0 Å². The van der Waals surface area contributed by atoms with Gasteiger partial charge in [-0.05, 0) is 6.92 Å². The van der Waals surface area contributed by atoms with Crippen LogP contribution in [-0.2, 0) is 9.47 Å². The van der Waals surface area contributed by atoms with Crippen LogP contribution in [0.25, 0.3) is 0 Å². The van der Waals surface area contributed by atoms with Gasteiger partial charge in [-0.1, -0.05) is 0 Å². The molecule has 1 aromatic rings. The summed E-state index contributed by atoms with van der Waals surface area (Å²) in [5, 5.41) is 19.7. The first-order valence-corrected chi connectivity index (χ1v) is 5.74. The standard InChI is InChI=1S/C11H16N2O6/c1-11(17)8(18-2)6(5-14)19-9(11)13-4-3-7(15)12-10(13)16/h3-4,6,8-9,14,17H,5H2,1-2H3,(H,12,15,16)/t6-,8-,9-,11-/m1/s1. The van der Waals surface area contributed by atoms with Crippen LogP contribution in [0.4, 0.5) is 0 Å². The van der Waals surface area contributed by atoms with Crippen LogP contribution >= 0.6 is 0 Å². The van der Waals surface area contributed by atoms with Gasteiger partial charge in [-0.3, -0.25) is 14.3 Å². The first-order chi connectivity index (χ1) is 8.91. The van der Waals surface area contributed by atoms with Crippen LogP contribution in [0.5, 0.6) is 0 Å². The third kappa shape index (κ3) is 2.23. The third-order valence-electron chi connectivity index (χ3n) is 3.26. The van der Waals surface area contributed by atoms with Gasteiger partial charge in [0.2, 0.25) is 0 Å². The molecule has 0 unspecified atom stereocenters. The summed E-state index contributed by atoms with van der Waals surface area (Å²) in [6.45, 7) is 1.09. The minimum Gasteiger partial charge on any atom is -0.394 e. The molecule has 1 aliphatic rings. The Bertz CT molecular complexity index is 563. The largest absolute Gasteiger partial charge is 0.394 e. The van der Waals surface area contributed by atoms with E-state index < -0.39 is 35.3 Å². The second kappa shape index (κ2) is 4.89.